The number of amides is 3. The third-order valence-corrected chi connectivity index (χ3v) is 5.11. The van der Waals surface area contributed by atoms with Crippen molar-refractivity contribution in [1.29, 1.82) is 0 Å². The van der Waals surface area contributed by atoms with Crippen LogP contribution in [0.1, 0.15) is 19.8 Å². The molecule has 0 radical (unpaired) electrons. The molecule has 1 aromatic rings. The average molecular weight is 359 g/mol. The number of rotatable bonds is 4. The first kappa shape index (κ1) is 18.2. The average Bonchev–Trinajstić information content (AvgIpc) is 3.49. The van der Waals surface area contributed by atoms with Crippen LogP contribution in [0, 0.1) is 5.41 Å². The molecular formula is C19H25N3O4. The SMILES string of the molecule is CCOC(=O)N1CCN(C(=O)C2(C(=O)N(C)c3ccccc3)CC2)CC1. The molecule has 1 saturated heterocycles. The molecule has 3 rings (SSSR count). The summed E-state index contributed by atoms with van der Waals surface area (Å²) in [5, 5.41) is 0. The Balaban J connectivity index is 1.63. The van der Waals surface area contributed by atoms with Gasteiger partial charge in [0.25, 0.3) is 0 Å². The lowest BCUT2D eigenvalue weighted by atomic mass is 10.0. The minimum atomic E-state index is -0.934. The van der Waals surface area contributed by atoms with Crippen molar-refractivity contribution in [2.45, 2.75) is 19.8 Å². The van der Waals surface area contributed by atoms with Gasteiger partial charge in [0.15, 0.2) is 0 Å². The summed E-state index contributed by atoms with van der Waals surface area (Å²) in [6, 6.07) is 9.35. The molecule has 1 heterocycles. The summed E-state index contributed by atoms with van der Waals surface area (Å²) >= 11 is 0. The molecule has 1 saturated carbocycles. The van der Waals surface area contributed by atoms with Crippen LogP contribution in [0.25, 0.3) is 0 Å². The maximum Gasteiger partial charge on any atom is 0.409 e. The minimum Gasteiger partial charge on any atom is -0.450 e. The van der Waals surface area contributed by atoms with Gasteiger partial charge in [-0.2, -0.15) is 0 Å². The highest BCUT2D eigenvalue weighted by atomic mass is 16.6. The second kappa shape index (κ2) is 7.35. The van der Waals surface area contributed by atoms with E-state index < -0.39 is 5.41 Å². The van der Waals surface area contributed by atoms with E-state index in [4.69, 9.17) is 4.74 Å². The van der Waals surface area contributed by atoms with E-state index in [1.54, 1.807) is 28.7 Å². The summed E-state index contributed by atoms with van der Waals surface area (Å²) in [7, 11) is 1.71. The highest BCUT2D eigenvalue weighted by Crippen LogP contribution is 2.49. The largest absolute Gasteiger partial charge is 0.450 e. The van der Waals surface area contributed by atoms with Crippen LogP contribution in [-0.2, 0) is 14.3 Å². The van der Waals surface area contributed by atoms with Gasteiger partial charge in [-0.05, 0) is 31.9 Å². The van der Waals surface area contributed by atoms with Crippen LogP contribution in [0.3, 0.4) is 0 Å². The molecule has 2 fully saturated rings. The van der Waals surface area contributed by atoms with E-state index in [9.17, 15) is 14.4 Å². The van der Waals surface area contributed by atoms with Crippen LogP contribution in [0.2, 0.25) is 0 Å². The number of para-hydroxylation sites is 1. The fourth-order valence-electron chi connectivity index (χ4n) is 3.34. The van der Waals surface area contributed by atoms with E-state index in [1.165, 1.54) is 0 Å². The van der Waals surface area contributed by atoms with Crippen molar-refractivity contribution >= 4 is 23.6 Å². The number of carbonyl (C=O) groups is 3. The second-order valence-corrected chi connectivity index (χ2v) is 6.76. The van der Waals surface area contributed by atoms with E-state index in [1.807, 2.05) is 30.3 Å². The quantitative estimate of drug-likeness (QED) is 0.768. The highest BCUT2D eigenvalue weighted by Gasteiger charge is 2.59. The van der Waals surface area contributed by atoms with Crippen molar-refractivity contribution in [2.75, 3.05) is 44.7 Å². The Morgan fingerprint density at radius 3 is 2.15 bits per heavy atom. The molecule has 26 heavy (non-hydrogen) atoms. The van der Waals surface area contributed by atoms with Gasteiger partial charge in [-0.1, -0.05) is 18.2 Å². The second-order valence-electron chi connectivity index (χ2n) is 6.76. The van der Waals surface area contributed by atoms with Crippen molar-refractivity contribution in [2.24, 2.45) is 5.41 Å². The first-order valence-corrected chi connectivity index (χ1v) is 9.04. The molecule has 3 amide bonds. The Morgan fingerprint density at radius 1 is 1.04 bits per heavy atom. The Bertz CT molecular complexity index is 679. The highest BCUT2D eigenvalue weighted by molar-refractivity contribution is 6.13. The summed E-state index contributed by atoms with van der Waals surface area (Å²) in [4.78, 5) is 42.6. The molecule has 7 heteroatoms. The molecule has 140 valence electrons. The number of benzene rings is 1. The topological polar surface area (TPSA) is 70.2 Å². The zero-order valence-corrected chi connectivity index (χ0v) is 15.3. The zero-order chi connectivity index (χ0) is 18.7. The van der Waals surface area contributed by atoms with Gasteiger partial charge < -0.3 is 19.4 Å². The van der Waals surface area contributed by atoms with E-state index in [2.05, 4.69) is 0 Å². The van der Waals surface area contributed by atoms with Gasteiger partial charge in [0, 0.05) is 38.9 Å². The van der Waals surface area contributed by atoms with E-state index in [0.29, 0.717) is 45.6 Å². The predicted octanol–water partition coefficient (Wildman–Crippen LogP) is 1.73. The lowest BCUT2D eigenvalue weighted by molar-refractivity contribution is -0.144. The van der Waals surface area contributed by atoms with Crippen LogP contribution < -0.4 is 4.90 Å². The monoisotopic (exact) mass is 359 g/mol. The Kier molecular flexibility index (Phi) is 5.15. The van der Waals surface area contributed by atoms with E-state index >= 15 is 0 Å². The number of piperazine rings is 1. The molecular weight excluding hydrogens is 334 g/mol. The molecule has 7 nitrogen and oxygen atoms in total. The Hall–Kier alpha value is -2.57. The smallest absolute Gasteiger partial charge is 0.409 e. The number of hydrogen-bond donors (Lipinski definition) is 0. The maximum absolute atomic E-state index is 13.0. The predicted molar refractivity (Wildman–Crippen MR) is 96.7 cm³/mol. The standard InChI is InChI=1S/C19H25N3O4/c1-3-26-18(25)22-13-11-21(12-14-22)17(24)19(9-10-19)16(23)20(2)15-7-5-4-6-8-15/h4-8H,3,9-14H2,1-2H3. The summed E-state index contributed by atoms with van der Waals surface area (Å²) in [5.41, 5.74) is -0.153. The molecule has 0 atom stereocenters. The van der Waals surface area contributed by atoms with Crippen molar-refractivity contribution in [3.8, 4) is 0 Å². The number of anilines is 1. The van der Waals surface area contributed by atoms with Gasteiger partial charge in [0.2, 0.25) is 11.8 Å². The van der Waals surface area contributed by atoms with Crippen LogP contribution in [-0.4, -0.2) is 67.5 Å². The summed E-state index contributed by atoms with van der Waals surface area (Å²) in [6.45, 7) is 3.83. The Labute approximate surface area is 153 Å². The maximum atomic E-state index is 13.0. The fraction of sp³-hybridized carbons (Fsp3) is 0.526. The first-order valence-electron chi connectivity index (χ1n) is 9.04. The molecule has 1 aliphatic carbocycles. The van der Waals surface area contributed by atoms with Crippen molar-refractivity contribution in [3.63, 3.8) is 0 Å². The van der Waals surface area contributed by atoms with Crippen molar-refractivity contribution < 1.29 is 19.1 Å². The minimum absolute atomic E-state index is 0.117. The van der Waals surface area contributed by atoms with Gasteiger partial charge in [0.05, 0.1) is 6.61 Å². The number of hydrogen-bond acceptors (Lipinski definition) is 4. The summed E-state index contributed by atoms with van der Waals surface area (Å²) in [6.07, 6.45) is 0.820. The molecule has 0 unspecified atom stereocenters. The van der Waals surface area contributed by atoms with Gasteiger partial charge in [-0.25, -0.2) is 4.79 Å². The normalized spacial score (nSPS) is 18.2. The van der Waals surface area contributed by atoms with Gasteiger partial charge >= 0.3 is 6.09 Å². The first-order chi connectivity index (χ1) is 12.5. The van der Waals surface area contributed by atoms with Crippen molar-refractivity contribution in [1.82, 2.24) is 9.80 Å². The van der Waals surface area contributed by atoms with E-state index in [-0.39, 0.29) is 17.9 Å². The van der Waals surface area contributed by atoms with Crippen LogP contribution in [0.4, 0.5) is 10.5 Å². The lowest BCUT2D eigenvalue weighted by Crippen LogP contribution is -2.54. The number of ether oxygens (including phenoxy) is 1. The Morgan fingerprint density at radius 2 is 1.62 bits per heavy atom. The third-order valence-electron chi connectivity index (χ3n) is 5.11. The van der Waals surface area contributed by atoms with Gasteiger partial charge in [0.1, 0.15) is 5.41 Å². The third kappa shape index (κ3) is 3.38. The lowest BCUT2D eigenvalue weighted by Gasteiger charge is -2.36. The van der Waals surface area contributed by atoms with Crippen molar-refractivity contribution in [3.05, 3.63) is 30.3 Å². The molecule has 0 bridgehead atoms. The van der Waals surface area contributed by atoms with Crippen LogP contribution in [0.5, 0.6) is 0 Å². The number of carbonyl (C=O) groups excluding carboxylic acids is 3. The molecule has 1 aliphatic heterocycles. The molecule has 0 spiro atoms. The molecule has 0 N–H and O–H groups in total. The summed E-state index contributed by atoms with van der Waals surface area (Å²) in [5.74, 6) is -0.268. The molecule has 0 aromatic heterocycles. The zero-order valence-electron chi connectivity index (χ0n) is 15.3. The van der Waals surface area contributed by atoms with E-state index in [0.717, 1.165) is 5.69 Å². The van der Waals surface area contributed by atoms with Crippen LogP contribution >= 0.6 is 0 Å². The molecule has 2 aliphatic rings. The van der Waals surface area contributed by atoms with Crippen LogP contribution in [0.15, 0.2) is 30.3 Å². The molecule has 1 aromatic carbocycles. The van der Waals surface area contributed by atoms with Gasteiger partial charge in [-0.15, -0.1) is 0 Å². The number of nitrogens with zero attached hydrogens (tertiary/aromatic N) is 3. The summed E-state index contributed by atoms with van der Waals surface area (Å²) < 4.78 is 5.00. The van der Waals surface area contributed by atoms with Gasteiger partial charge in [-0.3, -0.25) is 9.59 Å². The fourth-order valence-corrected chi connectivity index (χ4v) is 3.34.